The first-order chi connectivity index (χ1) is 16.0. The van der Waals surface area contributed by atoms with Gasteiger partial charge >= 0.3 is 6.36 Å². The second-order valence-corrected chi connectivity index (χ2v) is 9.42. The number of amides is 2. The highest BCUT2D eigenvalue weighted by atomic mass is 32.2. The summed E-state index contributed by atoms with van der Waals surface area (Å²) in [5.74, 6) is -1.12. The van der Waals surface area contributed by atoms with Gasteiger partial charge in [-0.1, -0.05) is 6.07 Å². The van der Waals surface area contributed by atoms with Gasteiger partial charge in [0.1, 0.15) is 5.75 Å². The Morgan fingerprint density at radius 2 is 1.68 bits per heavy atom. The average Bonchev–Trinajstić information content (AvgIpc) is 2.78. The predicted octanol–water partition coefficient (Wildman–Crippen LogP) is 3.52. The van der Waals surface area contributed by atoms with Gasteiger partial charge in [0.15, 0.2) is 0 Å². The zero-order valence-electron chi connectivity index (χ0n) is 18.1. The molecule has 1 fully saturated rings. The Morgan fingerprint density at radius 1 is 1.00 bits per heavy atom. The van der Waals surface area contributed by atoms with Crippen molar-refractivity contribution in [2.24, 2.45) is 0 Å². The molecule has 0 aliphatic carbocycles. The molecular formula is C22H24F3N3O5S. The fourth-order valence-corrected chi connectivity index (χ4v) is 4.47. The van der Waals surface area contributed by atoms with E-state index in [2.05, 4.69) is 14.8 Å². The third-order valence-corrected chi connectivity index (χ3v) is 6.53. The van der Waals surface area contributed by atoms with Crippen molar-refractivity contribution in [2.45, 2.75) is 36.9 Å². The van der Waals surface area contributed by atoms with Gasteiger partial charge in [0.25, 0.3) is 5.91 Å². The van der Waals surface area contributed by atoms with Gasteiger partial charge in [0, 0.05) is 37.3 Å². The first kappa shape index (κ1) is 25.5. The Morgan fingerprint density at radius 3 is 2.32 bits per heavy atom. The van der Waals surface area contributed by atoms with Crippen LogP contribution in [0.3, 0.4) is 0 Å². The number of ether oxygens (including phenoxy) is 1. The van der Waals surface area contributed by atoms with Crippen LogP contribution in [0.15, 0.2) is 53.4 Å². The van der Waals surface area contributed by atoms with Gasteiger partial charge < -0.3 is 15.0 Å². The van der Waals surface area contributed by atoms with E-state index in [9.17, 15) is 31.2 Å². The zero-order valence-corrected chi connectivity index (χ0v) is 18.9. The second-order valence-electron chi connectivity index (χ2n) is 7.65. The molecule has 0 spiro atoms. The number of sulfonamides is 1. The van der Waals surface area contributed by atoms with Crippen molar-refractivity contribution >= 4 is 27.5 Å². The molecule has 8 nitrogen and oxygen atoms in total. The number of nitrogens with zero attached hydrogens (tertiary/aromatic N) is 1. The van der Waals surface area contributed by atoms with Crippen molar-refractivity contribution in [3.8, 4) is 5.75 Å². The van der Waals surface area contributed by atoms with Gasteiger partial charge in [-0.05, 0) is 61.7 Å². The highest BCUT2D eigenvalue weighted by Gasteiger charge is 2.31. The predicted molar refractivity (Wildman–Crippen MR) is 118 cm³/mol. The van der Waals surface area contributed by atoms with Crippen LogP contribution in [0.25, 0.3) is 0 Å². The van der Waals surface area contributed by atoms with E-state index in [4.69, 9.17) is 0 Å². The van der Waals surface area contributed by atoms with Gasteiger partial charge in [-0.3, -0.25) is 9.59 Å². The minimum atomic E-state index is -4.88. The molecule has 0 atom stereocenters. The van der Waals surface area contributed by atoms with Crippen LogP contribution in [0.4, 0.5) is 18.9 Å². The molecule has 1 aliphatic heterocycles. The number of carbonyl (C=O) groups is 2. The van der Waals surface area contributed by atoms with Gasteiger partial charge in [0.2, 0.25) is 15.9 Å². The van der Waals surface area contributed by atoms with E-state index < -0.39 is 28.0 Å². The van der Waals surface area contributed by atoms with Crippen LogP contribution >= 0.6 is 0 Å². The smallest absolute Gasteiger partial charge is 0.406 e. The van der Waals surface area contributed by atoms with Gasteiger partial charge in [-0.2, -0.15) is 0 Å². The summed E-state index contributed by atoms with van der Waals surface area (Å²) in [5, 5.41) is 2.63. The zero-order chi connectivity index (χ0) is 24.8. The minimum absolute atomic E-state index is 0.102. The molecule has 12 heteroatoms. The number of likely N-dealkylation sites (tertiary alicyclic amines) is 1. The van der Waals surface area contributed by atoms with Crippen molar-refractivity contribution < 1.29 is 35.9 Å². The molecule has 0 saturated carbocycles. The van der Waals surface area contributed by atoms with Crippen LogP contribution in [0.2, 0.25) is 0 Å². The van der Waals surface area contributed by atoms with Crippen molar-refractivity contribution in [1.82, 2.24) is 9.62 Å². The molecule has 3 rings (SSSR count). The SMILES string of the molecule is O=C(CCNS(=O)(=O)c1ccc(OC(F)(F)F)cc1)Nc1cccc(C(=O)N2CCCCC2)c1. The van der Waals surface area contributed by atoms with E-state index in [0.717, 1.165) is 43.5 Å². The summed E-state index contributed by atoms with van der Waals surface area (Å²) in [7, 11) is -4.04. The van der Waals surface area contributed by atoms with Gasteiger partial charge in [-0.15, -0.1) is 13.2 Å². The molecule has 2 aromatic rings. The molecule has 34 heavy (non-hydrogen) atoms. The van der Waals surface area contributed by atoms with Crippen molar-refractivity contribution in [2.75, 3.05) is 25.0 Å². The molecule has 1 heterocycles. The molecule has 1 aliphatic rings. The number of nitrogens with one attached hydrogen (secondary N) is 2. The normalized spacial score (nSPS) is 14.5. The summed E-state index contributed by atoms with van der Waals surface area (Å²) in [6.07, 6.45) is -2.06. The number of piperidine rings is 1. The number of carbonyl (C=O) groups excluding carboxylic acids is 2. The fourth-order valence-electron chi connectivity index (χ4n) is 3.44. The molecule has 2 aromatic carbocycles. The Labute approximate surface area is 195 Å². The average molecular weight is 500 g/mol. The van der Waals surface area contributed by atoms with Crippen LogP contribution < -0.4 is 14.8 Å². The summed E-state index contributed by atoms with van der Waals surface area (Å²) < 4.78 is 67.1. The van der Waals surface area contributed by atoms with Crippen LogP contribution in [-0.4, -0.2) is 51.1 Å². The molecule has 2 amide bonds. The number of benzene rings is 2. The number of hydrogen-bond acceptors (Lipinski definition) is 5. The topological polar surface area (TPSA) is 105 Å². The van der Waals surface area contributed by atoms with E-state index in [1.165, 1.54) is 0 Å². The molecule has 184 valence electrons. The lowest BCUT2D eigenvalue weighted by Gasteiger charge is -2.26. The van der Waals surface area contributed by atoms with E-state index in [1.54, 1.807) is 29.2 Å². The van der Waals surface area contributed by atoms with Crippen molar-refractivity contribution in [3.63, 3.8) is 0 Å². The Kier molecular flexibility index (Phi) is 8.15. The summed E-state index contributed by atoms with van der Waals surface area (Å²) in [5.41, 5.74) is 0.870. The quantitative estimate of drug-likeness (QED) is 0.578. The molecule has 2 N–H and O–H groups in total. The molecule has 0 unspecified atom stereocenters. The standard InChI is InChI=1S/C22H24F3N3O5S/c23-22(24,25)33-18-7-9-19(10-8-18)34(31,32)26-12-11-20(29)27-17-6-4-5-16(15-17)21(30)28-13-2-1-3-14-28/h4-10,15,26H,1-3,11-14H2,(H,27,29). The van der Waals surface area contributed by atoms with E-state index in [-0.39, 0.29) is 23.8 Å². The lowest BCUT2D eigenvalue weighted by Crippen LogP contribution is -2.35. The highest BCUT2D eigenvalue weighted by molar-refractivity contribution is 7.89. The summed E-state index contributed by atoms with van der Waals surface area (Å²) in [4.78, 5) is 26.4. The Bertz CT molecular complexity index is 1120. The molecule has 0 aromatic heterocycles. The maximum absolute atomic E-state index is 12.6. The molecular weight excluding hydrogens is 475 g/mol. The molecule has 0 bridgehead atoms. The largest absolute Gasteiger partial charge is 0.573 e. The van der Waals surface area contributed by atoms with Crippen molar-refractivity contribution in [1.29, 1.82) is 0 Å². The Hall–Kier alpha value is -3.12. The second kappa shape index (κ2) is 10.9. The molecule has 0 radical (unpaired) electrons. The molecule has 1 saturated heterocycles. The van der Waals surface area contributed by atoms with Crippen LogP contribution in [0.1, 0.15) is 36.0 Å². The number of halogens is 3. The lowest BCUT2D eigenvalue weighted by molar-refractivity contribution is -0.274. The van der Waals surface area contributed by atoms with Crippen LogP contribution in [0, 0.1) is 0 Å². The number of hydrogen-bond donors (Lipinski definition) is 2. The first-order valence-electron chi connectivity index (χ1n) is 10.6. The summed E-state index contributed by atoms with van der Waals surface area (Å²) in [6, 6.07) is 10.2. The summed E-state index contributed by atoms with van der Waals surface area (Å²) in [6.45, 7) is 1.17. The number of anilines is 1. The third kappa shape index (κ3) is 7.45. The maximum Gasteiger partial charge on any atom is 0.573 e. The van der Waals surface area contributed by atoms with E-state index in [1.807, 2.05) is 0 Å². The van der Waals surface area contributed by atoms with E-state index >= 15 is 0 Å². The Balaban J connectivity index is 1.50. The number of alkyl halides is 3. The maximum atomic E-state index is 12.6. The summed E-state index contributed by atoms with van der Waals surface area (Å²) >= 11 is 0. The lowest BCUT2D eigenvalue weighted by atomic mass is 10.1. The van der Waals surface area contributed by atoms with E-state index in [0.29, 0.717) is 24.3 Å². The van der Waals surface area contributed by atoms with Crippen molar-refractivity contribution in [3.05, 3.63) is 54.1 Å². The fraction of sp³-hybridized carbons (Fsp3) is 0.364. The van der Waals surface area contributed by atoms with Gasteiger partial charge in [-0.25, -0.2) is 13.1 Å². The monoisotopic (exact) mass is 499 g/mol. The highest BCUT2D eigenvalue weighted by Crippen LogP contribution is 2.24. The van der Waals surface area contributed by atoms with Crippen LogP contribution in [0.5, 0.6) is 5.75 Å². The first-order valence-corrected chi connectivity index (χ1v) is 12.1. The van der Waals surface area contributed by atoms with Gasteiger partial charge in [0.05, 0.1) is 4.90 Å². The number of rotatable bonds is 8. The third-order valence-electron chi connectivity index (χ3n) is 5.05. The van der Waals surface area contributed by atoms with Crippen LogP contribution in [-0.2, 0) is 14.8 Å². The minimum Gasteiger partial charge on any atom is -0.406 e.